The lowest BCUT2D eigenvalue weighted by Gasteiger charge is -2.25. The Morgan fingerprint density at radius 3 is 2.55 bits per heavy atom. The molecule has 4 aromatic rings. The maximum absolute atomic E-state index is 15.3. The van der Waals surface area contributed by atoms with Gasteiger partial charge in [-0.25, -0.2) is 9.07 Å². The summed E-state index contributed by atoms with van der Waals surface area (Å²) in [5, 5.41) is 7.49. The lowest BCUT2D eigenvalue weighted by Crippen LogP contribution is -2.42. The number of carbonyl (C=O) groups excluding carboxylic acids is 2. The van der Waals surface area contributed by atoms with Gasteiger partial charge in [0.05, 0.1) is 22.4 Å². The summed E-state index contributed by atoms with van der Waals surface area (Å²) in [6.07, 6.45) is 3.36. The zero-order valence-electron chi connectivity index (χ0n) is 23.0. The van der Waals surface area contributed by atoms with Crippen LogP contribution in [0.3, 0.4) is 0 Å². The van der Waals surface area contributed by atoms with Gasteiger partial charge in [-0.1, -0.05) is 63.2 Å². The van der Waals surface area contributed by atoms with E-state index in [0.29, 0.717) is 17.9 Å². The lowest BCUT2D eigenvalue weighted by atomic mass is 9.87. The van der Waals surface area contributed by atoms with Gasteiger partial charge in [-0.15, -0.1) is 11.8 Å². The molecule has 1 atom stereocenters. The third-order valence-electron chi connectivity index (χ3n) is 6.84. The second-order valence-electron chi connectivity index (χ2n) is 10.9. The summed E-state index contributed by atoms with van der Waals surface area (Å²) in [4.78, 5) is 32.6. The van der Waals surface area contributed by atoms with E-state index in [1.807, 2.05) is 37.3 Å². The van der Waals surface area contributed by atoms with Crippen LogP contribution in [-0.2, 0) is 21.5 Å². The van der Waals surface area contributed by atoms with Crippen LogP contribution in [0.1, 0.15) is 54.0 Å². The van der Waals surface area contributed by atoms with Gasteiger partial charge in [0, 0.05) is 35.5 Å². The van der Waals surface area contributed by atoms with Crippen molar-refractivity contribution >= 4 is 29.4 Å². The Morgan fingerprint density at radius 2 is 1.85 bits per heavy atom. The summed E-state index contributed by atoms with van der Waals surface area (Å²) in [5.41, 5.74) is 4.17. The molecule has 0 saturated heterocycles. The Kier molecular flexibility index (Phi) is 7.76. The molecule has 0 spiro atoms. The van der Waals surface area contributed by atoms with Crippen LogP contribution in [0.5, 0.6) is 0 Å². The molecule has 0 bridgehead atoms. The molecule has 7 nitrogen and oxygen atoms in total. The molecule has 2 aromatic carbocycles. The SMILES string of the molecule is Cc1ccccc1-n1nc(C(C)(C)C)c2c1N(CC(=O)NCc1cccnc1)C(=O)CSC2c1ccccc1F. The fraction of sp³-hybridized carbons (Fsp3) is 0.290. The van der Waals surface area contributed by atoms with Gasteiger partial charge in [-0.05, 0) is 36.2 Å². The number of hydrogen-bond donors (Lipinski definition) is 1. The molecule has 1 unspecified atom stereocenters. The topological polar surface area (TPSA) is 80.1 Å². The average Bonchev–Trinajstić information content (AvgIpc) is 3.27. The Labute approximate surface area is 237 Å². The minimum absolute atomic E-state index is 0.0842. The number of carbonyl (C=O) groups is 2. The molecule has 0 radical (unpaired) electrons. The smallest absolute Gasteiger partial charge is 0.240 e. The molecule has 3 heterocycles. The second kappa shape index (κ2) is 11.3. The largest absolute Gasteiger partial charge is 0.350 e. The molecule has 9 heteroatoms. The summed E-state index contributed by atoms with van der Waals surface area (Å²) in [6.45, 7) is 8.23. The van der Waals surface area contributed by atoms with E-state index in [-0.39, 0.29) is 29.9 Å². The van der Waals surface area contributed by atoms with Crippen molar-refractivity contribution in [2.45, 2.75) is 44.9 Å². The van der Waals surface area contributed by atoms with Gasteiger partial charge in [0.15, 0.2) is 0 Å². The molecular formula is C31H32FN5O2S. The number of aryl methyl sites for hydroxylation is 1. The van der Waals surface area contributed by atoms with Gasteiger partial charge in [0.1, 0.15) is 18.2 Å². The monoisotopic (exact) mass is 557 g/mol. The third kappa shape index (κ3) is 5.51. The fourth-order valence-electron chi connectivity index (χ4n) is 4.88. The first-order chi connectivity index (χ1) is 19.1. The third-order valence-corrected chi connectivity index (χ3v) is 8.08. The molecule has 0 fully saturated rings. The summed E-state index contributed by atoms with van der Waals surface area (Å²) in [5.74, 6) is -0.311. The predicted octanol–water partition coefficient (Wildman–Crippen LogP) is 5.50. The summed E-state index contributed by atoms with van der Waals surface area (Å²) in [7, 11) is 0. The van der Waals surface area contributed by atoms with Gasteiger partial charge in [-0.3, -0.25) is 19.5 Å². The van der Waals surface area contributed by atoms with Gasteiger partial charge < -0.3 is 5.32 Å². The number of rotatable bonds is 6. The highest BCUT2D eigenvalue weighted by Crippen LogP contribution is 2.49. The molecule has 40 heavy (non-hydrogen) atoms. The number of hydrogen-bond acceptors (Lipinski definition) is 5. The first kappa shape index (κ1) is 27.6. The van der Waals surface area contributed by atoms with Gasteiger partial charge in [-0.2, -0.15) is 5.10 Å². The van der Waals surface area contributed by atoms with E-state index in [2.05, 4.69) is 31.1 Å². The van der Waals surface area contributed by atoms with E-state index >= 15 is 4.39 Å². The molecule has 1 aliphatic rings. The number of aromatic nitrogens is 3. The number of amides is 2. The van der Waals surface area contributed by atoms with E-state index in [1.54, 1.807) is 41.3 Å². The second-order valence-corrected chi connectivity index (χ2v) is 12.0. The minimum atomic E-state index is -0.490. The quantitative estimate of drug-likeness (QED) is 0.339. The number of pyridine rings is 1. The van der Waals surface area contributed by atoms with Crippen molar-refractivity contribution < 1.29 is 14.0 Å². The molecule has 0 saturated carbocycles. The van der Waals surface area contributed by atoms with Crippen LogP contribution >= 0.6 is 11.8 Å². The number of nitrogens with one attached hydrogen (secondary N) is 1. The number of halogens is 1. The predicted molar refractivity (Wildman–Crippen MR) is 156 cm³/mol. The van der Waals surface area contributed by atoms with Crippen LogP contribution in [0.4, 0.5) is 10.2 Å². The highest BCUT2D eigenvalue weighted by Gasteiger charge is 2.40. The van der Waals surface area contributed by atoms with Crippen molar-refractivity contribution in [2.75, 3.05) is 17.2 Å². The Balaban J connectivity index is 1.68. The van der Waals surface area contributed by atoms with Crippen LogP contribution in [0.2, 0.25) is 0 Å². The van der Waals surface area contributed by atoms with Crippen LogP contribution in [0, 0.1) is 12.7 Å². The zero-order chi connectivity index (χ0) is 28.4. The van der Waals surface area contributed by atoms with E-state index in [1.165, 1.54) is 22.7 Å². The molecule has 206 valence electrons. The number of nitrogens with zero attached hydrogens (tertiary/aromatic N) is 4. The van der Waals surface area contributed by atoms with Crippen molar-refractivity contribution in [2.24, 2.45) is 0 Å². The van der Waals surface area contributed by atoms with E-state index in [4.69, 9.17) is 5.10 Å². The number of anilines is 1. The van der Waals surface area contributed by atoms with Crippen molar-refractivity contribution in [3.05, 3.63) is 107 Å². The number of fused-ring (bicyclic) bond motifs is 1. The highest BCUT2D eigenvalue weighted by molar-refractivity contribution is 8.00. The van der Waals surface area contributed by atoms with Gasteiger partial charge in [0.25, 0.3) is 0 Å². The van der Waals surface area contributed by atoms with E-state index in [0.717, 1.165) is 28.1 Å². The summed E-state index contributed by atoms with van der Waals surface area (Å²) >= 11 is 1.36. The van der Waals surface area contributed by atoms with E-state index < -0.39 is 10.7 Å². The maximum Gasteiger partial charge on any atom is 0.240 e. The molecule has 2 aromatic heterocycles. The molecule has 1 aliphatic heterocycles. The van der Waals surface area contributed by atoms with Crippen LogP contribution in [-0.4, -0.2) is 38.9 Å². The Bertz CT molecular complexity index is 1550. The van der Waals surface area contributed by atoms with Crippen molar-refractivity contribution in [1.82, 2.24) is 20.1 Å². The molecular weight excluding hydrogens is 525 g/mol. The maximum atomic E-state index is 15.3. The first-order valence-corrected chi connectivity index (χ1v) is 14.2. The van der Waals surface area contributed by atoms with Crippen LogP contribution in [0.25, 0.3) is 5.69 Å². The molecule has 0 aliphatic carbocycles. The average molecular weight is 558 g/mol. The first-order valence-electron chi connectivity index (χ1n) is 13.2. The number of thioether (sulfide) groups is 1. The summed E-state index contributed by atoms with van der Waals surface area (Å²) in [6, 6.07) is 18.1. The normalized spacial score (nSPS) is 15.5. The lowest BCUT2D eigenvalue weighted by molar-refractivity contribution is -0.123. The molecule has 2 amide bonds. The summed E-state index contributed by atoms with van der Waals surface area (Å²) < 4.78 is 17.0. The highest BCUT2D eigenvalue weighted by atomic mass is 32.2. The molecule has 1 N–H and O–H groups in total. The molecule has 5 rings (SSSR count). The van der Waals surface area contributed by atoms with Crippen molar-refractivity contribution in [3.63, 3.8) is 0 Å². The van der Waals surface area contributed by atoms with Gasteiger partial charge in [0.2, 0.25) is 11.8 Å². The van der Waals surface area contributed by atoms with Crippen LogP contribution < -0.4 is 10.2 Å². The fourth-order valence-corrected chi connectivity index (χ4v) is 6.10. The van der Waals surface area contributed by atoms with Crippen molar-refractivity contribution in [3.8, 4) is 5.69 Å². The number of para-hydroxylation sites is 1. The van der Waals surface area contributed by atoms with Gasteiger partial charge >= 0.3 is 0 Å². The standard InChI is InChI=1S/C31H32FN5O2S/c1-20-10-5-8-14-24(20)37-30-27(29(35-37)31(2,3)4)28(22-12-6-7-13-23(22)32)40-19-26(39)36(30)18-25(38)34-17-21-11-9-15-33-16-21/h5-16,28H,17-19H2,1-4H3,(H,34,38). The van der Waals surface area contributed by atoms with Crippen molar-refractivity contribution in [1.29, 1.82) is 0 Å². The Morgan fingerprint density at radius 1 is 1.10 bits per heavy atom. The minimum Gasteiger partial charge on any atom is -0.350 e. The number of benzene rings is 2. The van der Waals surface area contributed by atoms with E-state index in [9.17, 15) is 9.59 Å². The zero-order valence-corrected chi connectivity index (χ0v) is 23.8. The van der Waals surface area contributed by atoms with Crippen LogP contribution in [0.15, 0.2) is 73.1 Å². The Hall–Kier alpha value is -3.98.